The fourth-order valence-electron chi connectivity index (χ4n) is 4.03. The Kier molecular flexibility index (Phi) is 6.46. The van der Waals surface area contributed by atoms with Gasteiger partial charge in [0.15, 0.2) is 0 Å². The number of rotatable bonds is 6. The van der Waals surface area contributed by atoms with E-state index in [2.05, 4.69) is 34.4 Å². The highest BCUT2D eigenvalue weighted by atomic mass is 16.2. The van der Waals surface area contributed by atoms with Crippen LogP contribution < -0.4 is 15.8 Å². The van der Waals surface area contributed by atoms with E-state index in [1.807, 2.05) is 42.5 Å². The third-order valence-corrected chi connectivity index (χ3v) is 5.81. The number of aryl methyl sites for hydroxylation is 1. The minimum absolute atomic E-state index is 0.00692. The lowest BCUT2D eigenvalue weighted by atomic mass is 9.95. The number of amides is 1. The van der Waals surface area contributed by atoms with Gasteiger partial charge in [-0.3, -0.25) is 9.59 Å². The topological polar surface area (TPSA) is 67.2 Å². The number of anilines is 1. The van der Waals surface area contributed by atoms with E-state index in [1.165, 1.54) is 10.2 Å². The quantitative estimate of drug-likeness (QED) is 0.670. The molecule has 6 nitrogen and oxygen atoms in total. The van der Waals surface area contributed by atoms with Gasteiger partial charge in [0.25, 0.3) is 5.56 Å². The molecule has 0 bridgehead atoms. The molecule has 6 heteroatoms. The predicted octanol–water partition coefficient (Wildman–Crippen LogP) is 3.13. The maximum Gasteiger partial charge on any atom is 0.269 e. The highest BCUT2D eigenvalue weighted by Crippen LogP contribution is 2.22. The van der Waals surface area contributed by atoms with Crippen LogP contribution in [0, 0.1) is 12.8 Å². The van der Waals surface area contributed by atoms with E-state index in [9.17, 15) is 9.59 Å². The summed E-state index contributed by atoms with van der Waals surface area (Å²) in [6, 6.07) is 19.7. The first-order chi connectivity index (χ1) is 15.1. The van der Waals surface area contributed by atoms with Crippen LogP contribution in [-0.4, -0.2) is 28.8 Å². The highest BCUT2D eigenvalue weighted by molar-refractivity contribution is 5.79. The van der Waals surface area contributed by atoms with Gasteiger partial charge in [0.2, 0.25) is 5.91 Å². The lowest BCUT2D eigenvalue weighted by molar-refractivity contribution is -0.125. The van der Waals surface area contributed by atoms with Gasteiger partial charge in [-0.2, -0.15) is 5.10 Å². The number of nitrogens with one attached hydrogen (secondary N) is 1. The Balaban J connectivity index is 1.30. The molecule has 1 amide bonds. The van der Waals surface area contributed by atoms with Gasteiger partial charge >= 0.3 is 0 Å². The molecule has 31 heavy (non-hydrogen) atoms. The zero-order valence-corrected chi connectivity index (χ0v) is 17.8. The summed E-state index contributed by atoms with van der Waals surface area (Å²) in [4.78, 5) is 27.2. The molecule has 0 radical (unpaired) electrons. The summed E-state index contributed by atoms with van der Waals surface area (Å²) < 4.78 is 1.48. The molecule has 1 saturated heterocycles. The molecule has 0 saturated carbocycles. The van der Waals surface area contributed by atoms with Crippen molar-refractivity contribution in [3.8, 4) is 0 Å². The van der Waals surface area contributed by atoms with E-state index in [4.69, 9.17) is 0 Å². The zero-order valence-electron chi connectivity index (χ0n) is 17.8. The maximum absolute atomic E-state index is 12.6. The largest absolute Gasteiger partial charge is 0.370 e. The second-order valence-corrected chi connectivity index (χ2v) is 8.16. The van der Waals surface area contributed by atoms with Crippen molar-refractivity contribution < 1.29 is 4.79 Å². The third kappa shape index (κ3) is 5.40. The summed E-state index contributed by atoms with van der Waals surface area (Å²) in [6.45, 7) is 4.56. The second-order valence-electron chi connectivity index (χ2n) is 8.16. The smallest absolute Gasteiger partial charge is 0.269 e. The fourth-order valence-corrected chi connectivity index (χ4v) is 4.03. The monoisotopic (exact) mass is 416 g/mol. The molecule has 160 valence electrons. The summed E-state index contributed by atoms with van der Waals surface area (Å²) in [6.07, 6.45) is 3.29. The predicted molar refractivity (Wildman–Crippen MR) is 122 cm³/mol. The van der Waals surface area contributed by atoms with E-state index in [-0.39, 0.29) is 17.4 Å². The number of carbonyl (C=O) groups is 1. The van der Waals surface area contributed by atoms with Gasteiger partial charge in [-0.05, 0) is 30.9 Å². The normalized spacial score (nSPS) is 14.4. The van der Waals surface area contributed by atoms with Crippen LogP contribution in [0.5, 0.6) is 0 Å². The Morgan fingerprint density at radius 3 is 2.48 bits per heavy atom. The van der Waals surface area contributed by atoms with Gasteiger partial charge in [-0.25, -0.2) is 4.68 Å². The van der Waals surface area contributed by atoms with Crippen molar-refractivity contribution >= 4 is 11.6 Å². The van der Waals surface area contributed by atoms with Crippen molar-refractivity contribution in [2.24, 2.45) is 5.92 Å². The molecule has 2 aromatic carbocycles. The molecular formula is C25H28N4O2. The lowest BCUT2D eigenvalue weighted by Crippen LogP contribution is -2.41. The lowest BCUT2D eigenvalue weighted by Gasteiger charge is -2.32. The van der Waals surface area contributed by atoms with Crippen LogP contribution in [-0.2, 0) is 17.9 Å². The molecule has 1 aliphatic heterocycles. The number of nitrogens with zero attached hydrogens (tertiary/aromatic N) is 3. The van der Waals surface area contributed by atoms with Crippen molar-refractivity contribution in [3.05, 3.63) is 93.9 Å². The van der Waals surface area contributed by atoms with Crippen LogP contribution in [0.4, 0.5) is 5.69 Å². The van der Waals surface area contributed by atoms with E-state index < -0.39 is 0 Å². The SMILES string of the molecule is Cc1cccc(CNC(=O)C2CCN(c3cnn(Cc4ccccc4)c(=O)c3)CC2)c1. The molecular weight excluding hydrogens is 388 g/mol. The number of benzene rings is 2. The van der Waals surface area contributed by atoms with Crippen molar-refractivity contribution in [1.29, 1.82) is 0 Å². The van der Waals surface area contributed by atoms with E-state index >= 15 is 0 Å². The Hall–Kier alpha value is -3.41. The molecule has 4 rings (SSSR count). The summed E-state index contributed by atoms with van der Waals surface area (Å²) in [5.74, 6) is 0.116. The number of hydrogen-bond donors (Lipinski definition) is 1. The summed E-state index contributed by atoms with van der Waals surface area (Å²) in [5.41, 5.74) is 4.07. The van der Waals surface area contributed by atoms with Gasteiger partial charge in [0.1, 0.15) is 0 Å². The molecule has 1 fully saturated rings. The molecule has 0 aliphatic carbocycles. The maximum atomic E-state index is 12.6. The molecule has 1 aromatic heterocycles. The third-order valence-electron chi connectivity index (χ3n) is 5.81. The molecule has 0 spiro atoms. The summed E-state index contributed by atoms with van der Waals surface area (Å²) in [5, 5.41) is 7.42. The zero-order chi connectivity index (χ0) is 21.6. The number of piperidine rings is 1. The number of aromatic nitrogens is 2. The van der Waals surface area contributed by atoms with Gasteiger partial charge in [0, 0.05) is 31.6 Å². The van der Waals surface area contributed by atoms with Crippen LogP contribution in [0.3, 0.4) is 0 Å². The van der Waals surface area contributed by atoms with Crippen molar-refractivity contribution in [2.45, 2.75) is 32.9 Å². The van der Waals surface area contributed by atoms with E-state index in [1.54, 1.807) is 12.3 Å². The summed E-state index contributed by atoms with van der Waals surface area (Å²) >= 11 is 0. The van der Waals surface area contributed by atoms with Crippen molar-refractivity contribution in [3.63, 3.8) is 0 Å². The highest BCUT2D eigenvalue weighted by Gasteiger charge is 2.25. The van der Waals surface area contributed by atoms with Gasteiger partial charge in [0.05, 0.1) is 18.4 Å². The Morgan fingerprint density at radius 1 is 1.03 bits per heavy atom. The first-order valence-corrected chi connectivity index (χ1v) is 10.8. The molecule has 0 atom stereocenters. The molecule has 2 heterocycles. The van der Waals surface area contributed by atoms with Crippen LogP contribution in [0.2, 0.25) is 0 Å². The second kappa shape index (κ2) is 9.60. The van der Waals surface area contributed by atoms with E-state index in [0.717, 1.165) is 42.7 Å². The fraction of sp³-hybridized carbons (Fsp3) is 0.320. The minimum Gasteiger partial charge on any atom is -0.370 e. The standard InChI is InChI=1S/C25H28N4O2/c1-19-6-5-9-21(14-19)16-26-25(31)22-10-12-28(13-11-22)23-15-24(30)29(27-17-23)18-20-7-3-2-4-8-20/h2-9,14-15,17,22H,10-13,16,18H2,1H3,(H,26,31). The Bertz CT molecular complexity index is 1090. The average Bonchev–Trinajstić information content (AvgIpc) is 2.80. The summed E-state index contributed by atoms with van der Waals surface area (Å²) in [7, 11) is 0. The average molecular weight is 417 g/mol. The van der Waals surface area contributed by atoms with Gasteiger partial charge in [-0.15, -0.1) is 0 Å². The first-order valence-electron chi connectivity index (χ1n) is 10.8. The molecule has 1 N–H and O–H groups in total. The van der Waals surface area contributed by atoms with Crippen molar-refractivity contribution in [1.82, 2.24) is 15.1 Å². The number of carbonyl (C=O) groups excluding carboxylic acids is 1. The van der Waals surface area contributed by atoms with Crippen LogP contribution in [0.15, 0.2) is 71.7 Å². The Labute approximate surface area is 182 Å². The molecule has 0 unspecified atom stereocenters. The van der Waals surface area contributed by atoms with Crippen LogP contribution in [0.1, 0.15) is 29.5 Å². The van der Waals surface area contributed by atoms with Crippen molar-refractivity contribution in [2.75, 3.05) is 18.0 Å². The molecule has 3 aromatic rings. The number of hydrogen-bond acceptors (Lipinski definition) is 4. The van der Waals surface area contributed by atoms with Crippen LogP contribution in [0.25, 0.3) is 0 Å². The van der Waals surface area contributed by atoms with Gasteiger partial charge in [-0.1, -0.05) is 60.2 Å². The molecule has 1 aliphatic rings. The van der Waals surface area contributed by atoms with Crippen LogP contribution >= 0.6 is 0 Å². The van der Waals surface area contributed by atoms with Gasteiger partial charge < -0.3 is 10.2 Å². The van der Waals surface area contributed by atoms with E-state index in [0.29, 0.717) is 13.1 Å². The minimum atomic E-state index is -0.112. The first kappa shape index (κ1) is 20.8. The Morgan fingerprint density at radius 2 is 1.77 bits per heavy atom.